The first-order chi connectivity index (χ1) is 6.27. The molecule has 1 rings (SSSR count). The number of rotatable bonds is 4. The Morgan fingerprint density at radius 3 is 2.54 bits per heavy atom. The van der Waals surface area contributed by atoms with Gasteiger partial charge in [-0.2, -0.15) is 0 Å². The standard InChI is InChI=1S/C10H22N2O/c1-9(8-13-3)12-6-4-10(11-2)5-7-12/h9-11H,4-8H2,1-3H3. The molecule has 3 nitrogen and oxygen atoms in total. The van der Waals surface area contributed by atoms with Crippen LogP contribution >= 0.6 is 0 Å². The smallest absolute Gasteiger partial charge is 0.0615 e. The minimum Gasteiger partial charge on any atom is -0.383 e. The van der Waals surface area contributed by atoms with Crippen LogP contribution in [0.25, 0.3) is 0 Å². The van der Waals surface area contributed by atoms with Crippen molar-refractivity contribution in [3.63, 3.8) is 0 Å². The molecule has 0 radical (unpaired) electrons. The molecular weight excluding hydrogens is 164 g/mol. The lowest BCUT2D eigenvalue weighted by molar-refractivity contribution is 0.0796. The van der Waals surface area contributed by atoms with Gasteiger partial charge in [0.1, 0.15) is 0 Å². The van der Waals surface area contributed by atoms with Crippen molar-refractivity contribution in [3.05, 3.63) is 0 Å². The third-order valence-electron chi connectivity index (χ3n) is 2.97. The summed E-state index contributed by atoms with van der Waals surface area (Å²) in [6.07, 6.45) is 2.54. The molecular formula is C10H22N2O. The van der Waals surface area contributed by atoms with Gasteiger partial charge in [-0.05, 0) is 39.9 Å². The highest BCUT2D eigenvalue weighted by Gasteiger charge is 2.21. The van der Waals surface area contributed by atoms with Gasteiger partial charge in [0.05, 0.1) is 6.61 Å². The van der Waals surface area contributed by atoms with Crippen LogP contribution in [0.3, 0.4) is 0 Å². The zero-order valence-electron chi connectivity index (χ0n) is 9.05. The number of methoxy groups -OCH3 is 1. The fraction of sp³-hybridized carbons (Fsp3) is 1.00. The molecule has 1 fully saturated rings. The Kier molecular flexibility index (Phi) is 4.70. The molecule has 1 aliphatic rings. The van der Waals surface area contributed by atoms with Crippen molar-refractivity contribution in [2.45, 2.75) is 31.8 Å². The maximum absolute atomic E-state index is 5.15. The van der Waals surface area contributed by atoms with Crippen LogP contribution in [0.2, 0.25) is 0 Å². The van der Waals surface area contributed by atoms with Gasteiger partial charge in [-0.25, -0.2) is 0 Å². The topological polar surface area (TPSA) is 24.5 Å². The van der Waals surface area contributed by atoms with Gasteiger partial charge in [-0.3, -0.25) is 4.90 Å². The van der Waals surface area contributed by atoms with E-state index in [0.29, 0.717) is 6.04 Å². The molecule has 13 heavy (non-hydrogen) atoms. The molecule has 0 aromatic carbocycles. The van der Waals surface area contributed by atoms with Gasteiger partial charge in [-0.15, -0.1) is 0 Å². The van der Waals surface area contributed by atoms with Crippen molar-refractivity contribution >= 4 is 0 Å². The van der Waals surface area contributed by atoms with Crippen LogP contribution in [0.4, 0.5) is 0 Å². The highest BCUT2D eigenvalue weighted by Crippen LogP contribution is 2.12. The summed E-state index contributed by atoms with van der Waals surface area (Å²) in [5.41, 5.74) is 0. The second kappa shape index (κ2) is 5.58. The van der Waals surface area contributed by atoms with Crippen LogP contribution < -0.4 is 5.32 Å². The molecule has 0 aromatic rings. The van der Waals surface area contributed by atoms with Crippen LogP contribution in [0, 0.1) is 0 Å². The number of nitrogens with zero attached hydrogens (tertiary/aromatic N) is 1. The fourth-order valence-corrected chi connectivity index (χ4v) is 1.98. The lowest BCUT2D eigenvalue weighted by atomic mass is 10.0. The number of ether oxygens (including phenoxy) is 1. The molecule has 0 saturated carbocycles. The quantitative estimate of drug-likeness (QED) is 0.699. The highest BCUT2D eigenvalue weighted by atomic mass is 16.5. The SMILES string of the molecule is CNC1CCN(C(C)COC)CC1. The molecule has 0 amide bonds. The molecule has 78 valence electrons. The summed E-state index contributed by atoms with van der Waals surface area (Å²) in [5, 5.41) is 3.34. The molecule has 1 saturated heterocycles. The third kappa shape index (κ3) is 3.25. The zero-order chi connectivity index (χ0) is 9.68. The maximum Gasteiger partial charge on any atom is 0.0615 e. The fourth-order valence-electron chi connectivity index (χ4n) is 1.98. The van der Waals surface area contributed by atoms with Crippen LogP contribution in [0.5, 0.6) is 0 Å². The Morgan fingerprint density at radius 2 is 2.08 bits per heavy atom. The highest BCUT2D eigenvalue weighted by molar-refractivity contribution is 4.78. The van der Waals surface area contributed by atoms with E-state index in [1.807, 2.05) is 0 Å². The summed E-state index contributed by atoms with van der Waals surface area (Å²) in [6, 6.07) is 1.30. The largest absolute Gasteiger partial charge is 0.383 e. The molecule has 1 N–H and O–H groups in total. The number of hydrogen-bond donors (Lipinski definition) is 1. The molecule has 0 spiro atoms. The number of likely N-dealkylation sites (tertiary alicyclic amines) is 1. The number of nitrogens with one attached hydrogen (secondary N) is 1. The van der Waals surface area contributed by atoms with Crippen LogP contribution in [-0.4, -0.2) is 50.8 Å². The lowest BCUT2D eigenvalue weighted by Crippen LogP contribution is -2.46. The lowest BCUT2D eigenvalue weighted by Gasteiger charge is -2.35. The average molecular weight is 186 g/mol. The van der Waals surface area contributed by atoms with E-state index in [9.17, 15) is 0 Å². The first-order valence-corrected chi connectivity index (χ1v) is 5.18. The van der Waals surface area contributed by atoms with E-state index in [4.69, 9.17) is 4.74 Å². The van der Waals surface area contributed by atoms with E-state index < -0.39 is 0 Å². The molecule has 0 bridgehead atoms. The summed E-state index contributed by atoms with van der Waals surface area (Å²) in [5.74, 6) is 0. The van der Waals surface area contributed by atoms with E-state index in [1.54, 1.807) is 7.11 Å². The van der Waals surface area contributed by atoms with Gasteiger partial charge in [0.25, 0.3) is 0 Å². The Balaban J connectivity index is 2.23. The van der Waals surface area contributed by atoms with Gasteiger partial charge in [0, 0.05) is 19.2 Å². The Morgan fingerprint density at radius 1 is 1.46 bits per heavy atom. The van der Waals surface area contributed by atoms with Crippen LogP contribution in [-0.2, 0) is 4.74 Å². The van der Waals surface area contributed by atoms with E-state index in [-0.39, 0.29) is 0 Å². The summed E-state index contributed by atoms with van der Waals surface area (Å²) in [6.45, 7) is 5.50. The van der Waals surface area contributed by atoms with E-state index >= 15 is 0 Å². The molecule has 0 aromatic heterocycles. The van der Waals surface area contributed by atoms with Crippen molar-refractivity contribution in [3.8, 4) is 0 Å². The van der Waals surface area contributed by atoms with E-state index in [2.05, 4.69) is 24.2 Å². The van der Waals surface area contributed by atoms with Crippen molar-refractivity contribution in [2.75, 3.05) is 33.9 Å². The maximum atomic E-state index is 5.15. The Bertz CT molecular complexity index is 133. The minimum atomic E-state index is 0.572. The predicted octanol–water partition coefficient (Wildman–Crippen LogP) is 0.705. The number of hydrogen-bond acceptors (Lipinski definition) is 3. The molecule has 3 heteroatoms. The van der Waals surface area contributed by atoms with Gasteiger partial charge < -0.3 is 10.1 Å². The molecule has 0 aliphatic carbocycles. The van der Waals surface area contributed by atoms with Crippen molar-refractivity contribution in [1.82, 2.24) is 10.2 Å². The molecule has 1 heterocycles. The van der Waals surface area contributed by atoms with Crippen LogP contribution in [0.15, 0.2) is 0 Å². The van der Waals surface area contributed by atoms with Gasteiger partial charge in [0.2, 0.25) is 0 Å². The Hall–Kier alpha value is -0.120. The van der Waals surface area contributed by atoms with Gasteiger partial charge >= 0.3 is 0 Å². The average Bonchev–Trinajstić information content (AvgIpc) is 2.18. The summed E-state index contributed by atoms with van der Waals surface area (Å²) >= 11 is 0. The Labute approximate surface area is 81.4 Å². The van der Waals surface area contributed by atoms with E-state index in [1.165, 1.54) is 25.9 Å². The van der Waals surface area contributed by atoms with Gasteiger partial charge in [0.15, 0.2) is 0 Å². The minimum absolute atomic E-state index is 0.572. The van der Waals surface area contributed by atoms with Crippen molar-refractivity contribution in [2.24, 2.45) is 0 Å². The molecule has 1 atom stereocenters. The zero-order valence-corrected chi connectivity index (χ0v) is 9.05. The second-order valence-corrected chi connectivity index (χ2v) is 3.90. The summed E-state index contributed by atoms with van der Waals surface area (Å²) < 4.78 is 5.15. The first-order valence-electron chi connectivity index (χ1n) is 5.18. The predicted molar refractivity (Wildman–Crippen MR) is 55.0 cm³/mol. The van der Waals surface area contributed by atoms with Gasteiger partial charge in [-0.1, -0.05) is 0 Å². The third-order valence-corrected chi connectivity index (χ3v) is 2.97. The summed E-state index contributed by atoms with van der Waals surface area (Å²) in [4.78, 5) is 2.51. The first kappa shape index (κ1) is 11.0. The van der Waals surface area contributed by atoms with E-state index in [0.717, 1.165) is 12.6 Å². The monoisotopic (exact) mass is 186 g/mol. The van der Waals surface area contributed by atoms with Crippen molar-refractivity contribution < 1.29 is 4.74 Å². The number of piperidine rings is 1. The van der Waals surface area contributed by atoms with Crippen molar-refractivity contribution in [1.29, 1.82) is 0 Å². The summed E-state index contributed by atoms with van der Waals surface area (Å²) in [7, 11) is 3.83. The second-order valence-electron chi connectivity index (χ2n) is 3.90. The molecule has 1 unspecified atom stereocenters. The molecule has 1 aliphatic heterocycles. The van der Waals surface area contributed by atoms with Crippen LogP contribution in [0.1, 0.15) is 19.8 Å². The normalized spacial score (nSPS) is 23.3.